The Morgan fingerprint density at radius 1 is 0.920 bits per heavy atom. The number of halogens is 2. The van der Waals surface area contributed by atoms with Crippen molar-refractivity contribution in [1.82, 2.24) is 15.0 Å². The van der Waals surface area contributed by atoms with Gasteiger partial charge in [-0.05, 0) is 25.1 Å². The van der Waals surface area contributed by atoms with Gasteiger partial charge in [-0.15, -0.1) is 0 Å². The van der Waals surface area contributed by atoms with E-state index in [1.165, 1.54) is 6.07 Å². The van der Waals surface area contributed by atoms with Crippen molar-refractivity contribution in [2.24, 2.45) is 0 Å². The molecule has 124 valence electrons. The maximum absolute atomic E-state index is 13.5. The van der Waals surface area contributed by atoms with E-state index in [1.807, 2.05) is 43.3 Å². The largest absolute Gasteiger partial charge is 0.343 e. The molecule has 0 saturated carbocycles. The van der Waals surface area contributed by atoms with E-state index >= 15 is 0 Å². The molecule has 4 aromatic rings. The molecule has 0 aliphatic carbocycles. The van der Waals surface area contributed by atoms with Gasteiger partial charge in [0.1, 0.15) is 11.5 Å². The molecule has 4 rings (SSSR count). The van der Waals surface area contributed by atoms with E-state index in [0.29, 0.717) is 23.0 Å². The summed E-state index contributed by atoms with van der Waals surface area (Å²) in [7, 11) is 0. The van der Waals surface area contributed by atoms with Gasteiger partial charge in [0.15, 0.2) is 17.5 Å². The smallest absolute Gasteiger partial charge is 0.163 e. The van der Waals surface area contributed by atoms with Gasteiger partial charge in [-0.2, -0.15) is 0 Å². The Hall–Kier alpha value is -3.28. The van der Waals surface area contributed by atoms with Crippen molar-refractivity contribution in [3.8, 4) is 11.4 Å². The topological polar surface area (TPSA) is 53.6 Å². The van der Waals surface area contributed by atoms with Gasteiger partial charge in [0.25, 0.3) is 0 Å². The highest BCUT2D eigenvalue weighted by Gasteiger charge is 2.12. The monoisotopic (exact) mass is 336 g/mol. The summed E-state index contributed by atoms with van der Waals surface area (Å²) in [4.78, 5) is 12.3. The minimum Gasteiger partial charge on any atom is -0.343 e. The van der Waals surface area contributed by atoms with Crippen molar-refractivity contribution in [1.29, 1.82) is 0 Å². The number of hydrogen-bond acceptors (Lipinski definition) is 3. The van der Waals surface area contributed by atoms with Crippen molar-refractivity contribution in [2.75, 3.05) is 5.32 Å². The van der Waals surface area contributed by atoms with Crippen molar-refractivity contribution >= 4 is 22.5 Å². The first-order chi connectivity index (χ1) is 12.1. The SMILES string of the molecule is Cc1cc2c(Nc3ccc(F)c(F)c3)nc(-c3ccccc3)nc2[nH]1. The second-order valence-corrected chi connectivity index (χ2v) is 5.73. The number of rotatable bonds is 3. The van der Waals surface area contributed by atoms with Crippen LogP contribution < -0.4 is 5.32 Å². The van der Waals surface area contributed by atoms with Crippen molar-refractivity contribution in [3.05, 3.63) is 71.9 Å². The van der Waals surface area contributed by atoms with Crippen molar-refractivity contribution in [2.45, 2.75) is 6.92 Å². The first-order valence-corrected chi connectivity index (χ1v) is 7.75. The van der Waals surface area contributed by atoms with Crippen LogP contribution in [-0.4, -0.2) is 15.0 Å². The van der Waals surface area contributed by atoms with Crippen LogP contribution in [0, 0.1) is 18.6 Å². The predicted molar refractivity (Wildman–Crippen MR) is 93.7 cm³/mol. The fourth-order valence-electron chi connectivity index (χ4n) is 2.66. The van der Waals surface area contributed by atoms with Crippen molar-refractivity contribution < 1.29 is 8.78 Å². The van der Waals surface area contributed by atoms with Crippen molar-refractivity contribution in [3.63, 3.8) is 0 Å². The number of anilines is 2. The van der Waals surface area contributed by atoms with Crippen LogP contribution in [-0.2, 0) is 0 Å². The lowest BCUT2D eigenvalue weighted by atomic mass is 10.2. The molecule has 25 heavy (non-hydrogen) atoms. The number of fused-ring (bicyclic) bond motifs is 1. The summed E-state index contributed by atoms with van der Waals surface area (Å²) >= 11 is 0. The molecule has 2 N–H and O–H groups in total. The number of aromatic amines is 1. The molecule has 0 saturated heterocycles. The van der Waals surface area contributed by atoms with Crippen LogP contribution >= 0.6 is 0 Å². The lowest BCUT2D eigenvalue weighted by Gasteiger charge is -2.09. The first kappa shape index (κ1) is 15.3. The van der Waals surface area contributed by atoms with Crippen LogP contribution in [0.4, 0.5) is 20.3 Å². The highest BCUT2D eigenvalue weighted by atomic mass is 19.2. The molecule has 0 atom stereocenters. The number of nitrogens with zero attached hydrogens (tertiary/aromatic N) is 2. The molecule has 0 amide bonds. The molecule has 2 heterocycles. The molecule has 0 unspecified atom stereocenters. The Kier molecular flexibility index (Phi) is 3.65. The van der Waals surface area contributed by atoms with Gasteiger partial charge >= 0.3 is 0 Å². The zero-order chi connectivity index (χ0) is 17.4. The van der Waals surface area contributed by atoms with Gasteiger partial charge in [-0.25, -0.2) is 18.7 Å². The molecule has 0 radical (unpaired) electrons. The van der Waals surface area contributed by atoms with Gasteiger partial charge < -0.3 is 10.3 Å². The average Bonchev–Trinajstić information content (AvgIpc) is 2.99. The maximum atomic E-state index is 13.5. The Balaban J connectivity index is 1.84. The highest BCUT2D eigenvalue weighted by Crippen LogP contribution is 2.28. The van der Waals surface area contributed by atoms with Gasteiger partial charge in [0.2, 0.25) is 0 Å². The van der Waals surface area contributed by atoms with Crippen LogP contribution in [0.3, 0.4) is 0 Å². The quantitative estimate of drug-likeness (QED) is 0.556. The predicted octanol–water partition coefficient (Wildman–Crippen LogP) is 4.96. The molecule has 4 nitrogen and oxygen atoms in total. The number of aromatic nitrogens is 3. The number of benzene rings is 2. The van der Waals surface area contributed by atoms with Crippen LogP contribution in [0.5, 0.6) is 0 Å². The van der Waals surface area contributed by atoms with E-state index in [1.54, 1.807) is 0 Å². The van der Waals surface area contributed by atoms with Crippen LogP contribution in [0.2, 0.25) is 0 Å². The van der Waals surface area contributed by atoms with Gasteiger partial charge in [-0.3, -0.25) is 0 Å². The normalized spacial score (nSPS) is 11.0. The third-order valence-corrected chi connectivity index (χ3v) is 3.84. The first-order valence-electron chi connectivity index (χ1n) is 7.75. The van der Waals surface area contributed by atoms with E-state index in [2.05, 4.69) is 20.3 Å². The van der Waals surface area contributed by atoms with E-state index in [-0.39, 0.29) is 0 Å². The molecule has 0 aliphatic heterocycles. The number of nitrogens with one attached hydrogen (secondary N) is 2. The number of H-pyrrole nitrogens is 1. The van der Waals surface area contributed by atoms with Crippen LogP contribution in [0.1, 0.15) is 5.69 Å². The fraction of sp³-hybridized carbons (Fsp3) is 0.0526. The maximum Gasteiger partial charge on any atom is 0.163 e. The van der Waals surface area contributed by atoms with Gasteiger partial charge in [0, 0.05) is 23.0 Å². The Morgan fingerprint density at radius 3 is 2.48 bits per heavy atom. The van der Waals surface area contributed by atoms with Gasteiger partial charge in [-0.1, -0.05) is 30.3 Å². The standard InChI is InChI=1S/C19H14F2N4/c1-11-9-14-18(22-11)24-17(12-5-3-2-4-6-12)25-19(14)23-13-7-8-15(20)16(21)10-13/h2-10H,1H3,(H2,22,23,24,25). The molecular formula is C19H14F2N4. The average molecular weight is 336 g/mol. The Bertz CT molecular complexity index is 1060. The highest BCUT2D eigenvalue weighted by molar-refractivity contribution is 5.91. The second-order valence-electron chi connectivity index (χ2n) is 5.73. The van der Waals surface area contributed by atoms with E-state index in [9.17, 15) is 8.78 Å². The second kappa shape index (κ2) is 5.98. The summed E-state index contributed by atoms with van der Waals surface area (Å²) in [5.41, 5.74) is 2.89. The minimum absolute atomic E-state index is 0.414. The lowest BCUT2D eigenvalue weighted by Crippen LogP contribution is -1.99. The Labute approximate surface area is 142 Å². The fourth-order valence-corrected chi connectivity index (χ4v) is 2.66. The van der Waals surface area contributed by atoms with Crippen LogP contribution in [0.15, 0.2) is 54.6 Å². The zero-order valence-corrected chi connectivity index (χ0v) is 13.3. The molecular weight excluding hydrogens is 322 g/mol. The van der Waals surface area contributed by atoms with E-state index in [4.69, 9.17) is 0 Å². The molecule has 2 aromatic carbocycles. The minimum atomic E-state index is -0.913. The molecule has 2 aromatic heterocycles. The molecule has 6 heteroatoms. The number of aryl methyl sites for hydroxylation is 1. The third-order valence-electron chi connectivity index (χ3n) is 3.84. The summed E-state index contributed by atoms with van der Waals surface area (Å²) in [6.07, 6.45) is 0. The van der Waals surface area contributed by atoms with Crippen LogP contribution in [0.25, 0.3) is 22.4 Å². The molecule has 0 aliphatic rings. The van der Waals surface area contributed by atoms with E-state index in [0.717, 1.165) is 28.8 Å². The summed E-state index contributed by atoms with van der Waals surface area (Å²) < 4.78 is 26.6. The summed E-state index contributed by atoms with van der Waals surface area (Å²) in [5.74, 6) is -0.732. The Morgan fingerprint density at radius 2 is 1.72 bits per heavy atom. The molecule has 0 spiro atoms. The summed E-state index contributed by atoms with van der Waals surface area (Å²) in [6, 6.07) is 15.1. The summed E-state index contributed by atoms with van der Waals surface area (Å²) in [6.45, 7) is 1.92. The summed E-state index contributed by atoms with van der Waals surface area (Å²) in [5, 5.41) is 3.84. The van der Waals surface area contributed by atoms with E-state index < -0.39 is 11.6 Å². The molecule has 0 bridgehead atoms. The number of hydrogen-bond donors (Lipinski definition) is 2. The zero-order valence-electron chi connectivity index (χ0n) is 13.3. The lowest BCUT2D eigenvalue weighted by molar-refractivity contribution is 0.509. The third kappa shape index (κ3) is 2.94. The van der Waals surface area contributed by atoms with Gasteiger partial charge in [0.05, 0.1) is 5.39 Å². The molecule has 0 fully saturated rings.